The average Bonchev–Trinajstić information content (AvgIpc) is 2.68. The molecule has 2 N–H and O–H groups in total. The summed E-state index contributed by atoms with van der Waals surface area (Å²) in [6, 6.07) is 3.72. The number of ether oxygens (including phenoxy) is 1. The highest BCUT2D eigenvalue weighted by atomic mass is 16.5. The van der Waals surface area contributed by atoms with Crippen molar-refractivity contribution in [3.63, 3.8) is 0 Å². The standard InChI is InChI=1S/C21H27N5O3/c1-13-15(4-5-17(23-13)21(2,3)28)16-10-22-19-20(24-16)26(12-18(27)25-19)11-14-6-8-29-9-7-14/h4-5,10,14,28H,6-9,11-12H2,1-3H3,(H,22,25,27). The number of pyridine rings is 1. The topological polar surface area (TPSA) is 100 Å². The summed E-state index contributed by atoms with van der Waals surface area (Å²) in [6.07, 6.45) is 3.63. The number of nitrogens with zero attached hydrogens (tertiary/aromatic N) is 4. The molecule has 4 rings (SSSR count). The number of rotatable bonds is 4. The number of aliphatic hydroxyl groups is 1. The van der Waals surface area contributed by atoms with Gasteiger partial charge in [0.1, 0.15) is 5.60 Å². The van der Waals surface area contributed by atoms with Gasteiger partial charge in [-0.25, -0.2) is 9.97 Å². The van der Waals surface area contributed by atoms with Crippen LogP contribution in [0.3, 0.4) is 0 Å². The molecule has 2 aromatic heterocycles. The Morgan fingerprint density at radius 2 is 2.03 bits per heavy atom. The van der Waals surface area contributed by atoms with Crippen molar-refractivity contribution in [2.75, 3.05) is 36.5 Å². The van der Waals surface area contributed by atoms with Crippen LogP contribution in [0.25, 0.3) is 11.3 Å². The number of aryl methyl sites for hydroxylation is 1. The third-order valence-corrected chi connectivity index (χ3v) is 5.45. The molecule has 0 aromatic carbocycles. The first-order chi connectivity index (χ1) is 13.8. The van der Waals surface area contributed by atoms with Gasteiger partial charge in [0, 0.05) is 31.0 Å². The number of carbonyl (C=O) groups excluding carboxylic acids is 1. The molecule has 0 bridgehead atoms. The predicted molar refractivity (Wildman–Crippen MR) is 110 cm³/mol. The lowest BCUT2D eigenvalue weighted by atomic mass is 9.99. The number of aromatic nitrogens is 3. The maximum atomic E-state index is 12.1. The fourth-order valence-electron chi connectivity index (χ4n) is 3.80. The van der Waals surface area contributed by atoms with Crippen molar-refractivity contribution >= 4 is 17.5 Å². The molecular formula is C21H27N5O3. The minimum Gasteiger partial charge on any atom is -0.384 e. The zero-order valence-corrected chi connectivity index (χ0v) is 17.1. The second-order valence-corrected chi connectivity index (χ2v) is 8.30. The van der Waals surface area contributed by atoms with Gasteiger partial charge in [-0.15, -0.1) is 0 Å². The Morgan fingerprint density at radius 1 is 1.28 bits per heavy atom. The first kappa shape index (κ1) is 19.7. The van der Waals surface area contributed by atoms with Crippen LogP contribution in [0.2, 0.25) is 0 Å². The summed E-state index contributed by atoms with van der Waals surface area (Å²) in [5.41, 5.74) is 1.93. The molecule has 8 heteroatoms. The fourth-order valence-corrected chi connectivity index (χ4v) is 3.80. The normalized spacial score (nSPS) is 17.8. The molecular weight excluding hydrogens is 370 g/mol. The van der Waals surface area contributed by atoms with Gasteiger partial charge in [0.25, 0.3) is 0 Å². The summed E-state index contributed by atoms with van der Waals surface area (Å²) in [6.45, 7) is 7.89. The fraction of sp³-hybridized carbons (Fsp3) is 0.524. The third kappa shape index (κ3) is 4.23. The first-order valence-electron chi connectivity index (χ1n) is 10.0. The zero-order valence-electron chi connectivity index (χ0n) is 17.1. The Kier molecular flexibility index (Phi) is 5.23. The number of nitrogens with one attached hydrogen (secondary N) is 1. The van der Waals surface area contributed by atoms with Gasteiger partial charge in [0.05, 0.1) is 24.1 Å². The van der Waals surface area contributed by atoms with E-state index >= 15 is 0 Å². The minimum atomic E-state index is -1.00. The Bertz CT molecular complexity index is 919. The van der Waals surface area contributed by atoms with Crippen molar-refractivity contribution in [1.82, 2.24) is 15.0 Å². The maximum Gasteiger partial charge on any atom is 0.245 e. The number of hydrogen-bond donors (Lipinski definition) is 2. The number of anilines is 2. The van der Waals surface area contributed by atoms with Crippen molar-refractivity contribution in [2.45, 2.75) is 39.2 Å². The van der Waals surface area contributed by atoms with Crippen molar-refractivity contribution < 1.29 is 14.6 Å². The van der Waals surface area contributed by atoms with E-state index in [1.54, 1.807) is 20.0 Å². The van der Waals surface area contributed by atoms with Crippen LogP contribution in [-0.2, 0) is 15.1 Å². The van der Waals surface area contributed by atoms with Crippen molar-refractivity contribution in [3.05, 3.63) is 29.7 Å². The SMILES string of the molecule is Cc1nc(C(C)(C)O)ccc1-c1cnc2c(n1)N(CC1CCOCC1)CC(=O)N2. The molecule has 0 unspecified atom stereocenters. The third-order valence-electron chi connectivity index (χ3n) is 5.45. The highest BCUT2D eigenvalue weighted by Crippen LogP contribution is 2.31. The summed E-state index contributed by atoms with van der Waals surface area (Å²) in [7, 11) is 0. The largest absolute Gasteiger partial charge is 0.384 e. The molecule has 4 heterocycles. The monoisotopic (exact) mass is 397 g/mol. The molecule has 8 nitrogen and oxygen atoms in total. The summed E-state index contributed by atoms with van der Waals surface area (Å²) < 4.78 is 5.45. The van der Waals surface area contributed by atoms with Gasteiger partial charge in [0.2, 0.25) is 5.91 Å². The van der Waals surface area contributed by atoms with Gasteiger partial charge in [-0.1, -0.05) is 0 Å². The van der Waals surface area contributed by atoms with Crippen LogP contribution in [0.5, 0.6) is 0 Å². The van der Waals surface area contributed by atoms with Crippen LogP contribution in [0.4, 0.5) is 11.6 Å². The molecule has 2 aliphatic rings. The summed E-state index contributed by atoms with van der Waals surface area (Å²) in [4.78, 5) is 28.0. The van der Waals surface area contributed by atoms with Gasteiger partial charge < -0.3 is 20.1 Å². The van der Waals surface area contributed by atoms with E-state index in [1.807, 2.05) is 24.0 Å². The van der Waals surface area contributed by atoms with Crippen LogP contribution >= 0.6 is 0 Å². The second-order valence-electron chi connectivity index (χ2n) is 8.30. The molecule has 29 heavy (non-hydrogen) atoms. The Morgan fingerprint density at radius 3 is 2.72 bits per heavy atom. The van der Waals surface area contributed by atoms with Crippen molar-refractivity contribution in [1.29, 1.82) is 0 Å². The lowest BCUT2D eigenvalue weighted by molar-refractivity contribution is -0.115. The second kappa shape index (κ2) is 7.68. The molecule has 2 aliphatic heterocycles. The molecule has 154 valence electrons. The number of fused-ring (bicyclic) bond motifs is 1. The van der Waals surface area contributed by atoms with Crippen LogP contribution in [0.1, 0.15) is 38.1 Å². The van der Waals surface area contributed by atoms with E-state index in [0.29, 0.717) is 28.9 Å². The first-order valence-corrected chi connectivity index (χ1v) is 10.0. The van der Waals surface area contributed by atoms with Gasteiger partial charge >= 0.3 is 0 Å². The molecule has 1 amide bonds. The predicted octanol–water partition coefficient (Wildman–Crippen LogP) is 2.26. The summed E-state index contributed by atoms with van der Waals surface area (Å²) >= 11 is 0. The van der Waals surface area contributed by atoms with E-state index in [0.717, 1.165) is 43.9 Å². The lowest BCUT2D eigenvalue weighted by Gasteiger charge is -2.33. The molecule has 0 radical (unpaired) electrons. The van der Waals surface area contributed by atoms with Crippen LogP contribution in [0.15, 0.2) is 18.3 Å². The Labute approximate surface area is 170 Å². The van der Waals surface area contributed by atoms with Gasteiger partial charge in [0.15, 0.2) is 11.6 Å². The smallest absolute Gasteiger partial charge is 0.245 e. The average molecular weight is 397 g/mol. The van der Waals surface area contributed by atoms with E-state index < -0.39 is 5.60 Å². The van der Waals surface area contributed by atoms with Gasteiger partial charge in [-0.2, -0.15) is 0 Å². The van der Waals surface area contributed by atoms with E-state index in [4.69, 9.17) is 9.72 Å². The van der Waals surface area contributed by atoms with Crippen molar-refractivity contribution in [3.8, 4) is 11.3 Å². The highest BCUT2D eigenvalue weighted by molar-refractivity contribution is 5.99. The van der Waals surface area contributed by atoms with Crippen molar-refractivity contribution in [2.24, 2.45) is 5.92 Å². The summed E-state index contributed by atoms with van der Waals surface area (Å²) in [5.74, 6) is 1.59. The Hall–Kier alpha value is -2.58. The lowest BCUT2D eigenvalue weighted by Crippen LogP contribution is -2.42. The number of carbonyl (C=O) groups is 1. The number of hydrogen-bond acceptors (Lipinski definition) is 7. The van der Waals surface area contributed by atoms with Gasteiger partial charge in [-0.3, -0.25) is 9.78 Å². The minimum absolute atomic E-state index is 0.0704. The van der Waals surface area contributed by atoms with Crippen LogP contribution in [-0.4, -0.2) is 52.3 Å². The van der Waals surface area contributed by atoms with Crippen LogP contribution in [0, 0.1) is 12.8 Å². The molecule has 0 aliphatic carbocycles. The maximum absolute atomic E-state index is 12.1. The molecule has 2 aromatic rings. The molecule has 1 saturated heterocycles. The summed E-state index contributed by atoms with van der Waals surface area (Å²) in [5, 5.41) is 13.0. The van der Waals surface area contributed by atoms with Crippen LogP contribution < -0.4 is 10.2 Å². The highest BCUT2D eigenvalue weighted by Gasteiger charge is 2.28. The van der Waals surface area contributed by atoms with Gasteiger partial charge in [-0.05, 0) is 51.7 Å². The molecule has 0 saturated carbocycles. The molecule has 0 spiro atoms. The quantitative estimate of drug-likeness (QED) is 0.816. The van der Waals surface area contributed by atoms with E-state index in [9.17, 15) is 9.90 Å². The van der Waals surface area contributed by atoms with E-state index in [2.05, 4.69) is 15.3 Å². The Balaban J connectivity index is 1.66. The van der Waals surface area contributed by atoms with E-state index in [-0.39, 0.29) is 12.5 Å². The number of amides is 1. The molecule has 1 fully saturated rings. The van der Waals surface area contributed by atoms with E-state index in [1.165, 1.54) is 0 Å². The zero-order chi connectivity index (χ0) is 20.6. The molecule has 0 atom stereocenters.